The number of amides is 2. The molecule has 110 valence electrons. The topological polar surface area (TPSA) is 65.8 Å². The van der Waals surface area contributed by atoms with E-state index in [-0.39, 0.29) is 18.4 Å². The smallest absolute Gasteiger partial charge is 0.290 e. The molecule has 6 nitrogen and oxygen atoms in total. The van der Waals surface area contributed by atoms with Crippen LogP contribution in [0.3, 0.4) is 0 Å². The highest BCUT2D eigenvalue weighted by atomic mass is 16.4. The summed E-state index contributed by atoms with van der Waals surface area (Å²) in [6.07, 6.45) is 0. The second-order valence-electron chi connectivity index (χ2n) is 4.80. The summed E-state index contributed by atoms with van der Waals surface area (Å²) >= 11 is 0. The molecular weight excluding hydrogens is 258 g/mol. The van der Waals surface area contributed by atoms with Crippen molar-refractivity contribution in [2.45, 2.75) is 20.4 Å². The molecule has 1 aromatic rings. The van der Waals surface area contributed by atoms with Crippen LogP contribution in [0.4, 0.5) is 0 Å². The summed E-state index contributed by atoms with van der Waals surface area (Å²) in [5.41, 5.74) is 0. The third-order valence-electron chi connectivity index (χ3n) is 3.47. The number of carbonyl (C=O) groups is 2. The van der Waals surface area contributed by atoms with Gasteiger partial charge in [-0.15, -0.1) is 0 Å². The predicted molar refractivity (Wildman–Crippen MR) is 74.2 cm³/mol. The second-order valence-corrected chi connectivity index (χ2v) is 4.80. The van der Waals surface area contributed by atoms with Crippen LogP contribution < -0.4 is 5.32 Å². The van der Waals surface area contributed by atoms with E-state index in [1.165, 1.54) is 4.90 Å². The first-order valence-corrected chi connectivity index (χ1v) is 7.01. The second kappa shape index (κ2) is 6.56. The standard InChI is InChI=1S/C14H21N3O3/c1-3-16(4-2)9-11-5-6-12(20-11)14(19)17-8-7-15-13(18)10-17/h5-6H,3-4,7-10H2,1-2H3,(H,15,18). The fourth-order valence-electron chi connectivity index (χ4n) is 2.21. The monoisotopic (exact) mass is 279 g/mol. The zero-order chi connectivity index (χ0) is 14.5. The van der Waals surface area contributed by atoms with Gasteiger partial charge in [0.25, 0.3) is 5.91 Å². The maximum atomic E-state index is 12.2. The van der Waals surface area contributed by atoms with E-state index in [2.05, 4.69) is 24.1 Å². The Labute approximate surface area is 118 Å². The Kier molecular flexibility index (Phi) is 4.79. The fourth-order valence-corrected chi connectivity index (χ4v) is 2.21. The first-order chi connectivity index (χ1) is 9.63. The molecule has 0 bridgehead atoms. The Morgan fingerprint density at radius 3 is 2.80 bits per heavy atom. The zero-order valence-electron chi connectivity index (χ0n) is 12.0. The lowest BCUT2D eigenvalue weighted by Gasteiger charge is -2.25. The number of furan rings is 1. The molecule has 2 rings (SSSR count). The van der Waals surface area contributed by atoms with Crippen LogP contribution in [0.5, 0.6) is 0 Å². The highest BCUT2D eigenvalue weighted by molar-refractivity contribution is 5.94. The number of carbonyl (C=O) groups excluding carboxylic acids is 2. The van der Waals surface area contributed by atoms with Gasteiger partial charge < -0.3 is 14.6 Å². The predicted octanol–water partition coefficient (Wildman–Crippen LogP) is 0.693. The zero-order valence-corrected chi connectivity index (χ0v) is 12.0. The van der Waals surface area contributed by atoms with E-state index in [1.54, 1.807) is 6.07 Å². The van der Waals surface area contributed by atoms with Gasteiger partial charge in [-0.05, 0) is 25.2 Å². The summed E-state index contributed by atoms with van der Waals surface area (Å²) < 4.78 is 5.60. The molecule has 20 heavy (non-hydrogen) atoms. The molecule has 1 N–H and O–H groups in total. The third-order valence-corrected chi connectivity index (χ3v) is 3.47. The summed E-state index contributed by atoms with van der Waals surface area (Å²) in [4.78, 5) is 27.2. The number of nitrogens with zero attached hydrogens (tertiary/aromatic N) is 2. The van der Waals surface area contributed by atoms with E-state index in [1.807, 2.05) is 6.07 Å². The van der Waals surface area contributed by atoms with Gasteiger partial charge >= 0.3 is 0 Å². The number of hydrogen-bond acceptors (Lipinski definition) is 4. The SMILES string of the molecule is CCN(CC)Cc1ccc(C(=O)N2CCNC(=O)C2)o1. The average Bonchev–Trinajstić information content (AvgIpc) is 2.92. The normalized spacial score (nSPS) is 15.6. The lowest BCUT2D eigenvalue weighted by atomic mass is 10.3. The van der Waals surface area contributed by atoms with Gasteiger partial charge in [-0.2, -0.15) is 0 Å². The highest BCUT2D eigenvalue weighted by Gasteiger charge is 2.24. The molecule has 0 saturated carbocycles. The van der Waals surface area contributed by atoms with Crippen LogP contribution in [0.15, 0.2) is 16.5 Å². The van der Waals surface area contributed by atoms with Crippen molar-refractivity contribution < 1.29 is 14.0 Å². The molecule has 0 aliphatic carbocycles. The lowest BCUT2D eigenvalue weighted by Crippen LogP contribution is -2.49. The van der Waals surface area contributed by atoms with Crippen LogP contribution in [-0.4, -0.2) is 54.3 Å². The Morgan fingerprint density at radius 2 is 2.15 bits per heavy atom. The van der Waals surface area contributed by atoms with Gasteiger partial charge in [0.2, 0.25) is 5.91 Å². The molecule has 2 amide bonds. The molecular formula is C14H21N3O3. The molecule has 1 aliphatic rings. The van der Waals surface area contributed by atoms with Crippen LogP contribution in [0.2, 0.25) is 0 Å². The van der Waals surface area contributed by atoms with E-state index in [0.29, 0.717) is 25.4 Å². The maximum absolute atomic E-state index is 12.2. The molecule has 0 atom stereocenters. The summed E-state index contributed by atoms with van der Waals surface area (Å²) in [6.45, 7) is 7.87. The molecule has 2 heterocycles. The molecule has 1 saturated heterocycles. The molecule has 0 aromatic carbocycles. The maximum Gasteiger partial charge on any atom is 0.290 e. The van der Waals surface area contributed by atoms with Gasteiger partial charge in [0.15, 0.2) is 5.76 Å². The first kappa shape index (κ1) is 14.6. The van der Waals surface area contributed by atoms with Crippen molar-refractivity contribution in [3.8, 4) is 0 Å². The molecule has 0 unspecified atom stereocenters. The van der Waals surface area contributed by atoms with Gasteiger partial charge in [-0.1, -0.05) is 13.8 Å². The Balaban J connectivity index is 2.00. The van der Waals surface area contributed by atoms with E-state index >= 15 is 0 Å². The summed E-state index contributed by atoms with van der Waals surface area (Å²) in [5.74, 6) is 0.741. The number of rotatable bonds is 5. The van der Waals surface area contributed by atoms with Crippen molar-refractivity contribution in [3.05, 3.63) is 23.7 Å². The van der Waals surface area contributed by atoms with Gasteiger partial charge in [0.05, 0.1) is 6.54 Å². The quantitative estimate of drug-likeness (QED) is 0.861. The summed E-state index contributed by atoms with van der Waals surface area (Å²) in [5, 5.41) is 2.69. The molecule has 1 aromatic heterocycles. The van der Waals surface area contributed by atoms with E-state index < -0.39 is 0 Å². The van der Waals surface area contributed by atoms with Crippen LogP contribution >= 0.6 is 0 Å². The number of nitrogens with one attached hydrogen (secondary N) is 1. The van der Waals surface area contributed by atoms with Crippen molar-refractivity contribution in [2.75, 3.05) is 32.7 Å². The molecule has 6 heteroatoms. The van der Waals surface area contributed by atoms with Crippen molar-refractivity contribution >= 4 is 11.8 Å². The largest absolute Gasteiger partial charge is 0.455 e. The fraction of sp³-hybridized carbons (Fsp3) is 0.571. The minimum absolute atomic E-state index is 0.102. The van der Waals surface area contributed by atoms with Crippen LogP contribution in [0, 0.1) is 0 Å². The van der Waals surface area contributed by atoms with E-state index in [0.717, 1.165) is 18.8 Å². The Bertz CT molecular complexity index is 480. The Morgan fingerprint density at radius 1 is 1.40 bits per heavy atom. The van der Waals surface area contributed by atoms with Crippen molar-refractivity contribution in [2.24, 2.45) is 0 Å². The van der Waals surface area contributed by atoms with Gasteiger partial charge in [-0.3, -0.25) is 14.5 Å². The van der Waals surface area contributed by atoms with Gasteiger partial charge in [0, 0.05) is 13.1 Å². The first-order valence-electron chi connectivity index (χ1n) is 7.01. The number of piperazine rings is 1. The molecule has 0 spiro atoms. The lowest BCUT2D eigenvalue weighted by molar-refractivity contribution is -0.123. The van der Waals surface area contributed by atoms with Crippen LogP contribution in [0.1, 0.15) is 30.2 Å². The molecule has 1 aliphatic heterocycles. The highest BCUT2D eigenvalue weighted by Crippen LogP contribution is 2.13. The minimum atomic E-state index is -0.217. The van der Waals surface area contributed by atoms with E-state index in [9.17, 15) is 9.59 Å². The third kappa shape index (κ3) is 3.39. The number of hydrogen-bond donors (Lipinski definition) is 1. The van der Waals surface area contributed by atoms with Crippen molar-refractivity contribution in [3.63, 3.8) is 0 Å². The van der Waals surface area contributed by atoms with Gasteiger partial charge in [0.1, 0.15) is 12.3 Å². The summed E-state index contributed by atoms with van der Waals surface area (Å²) in [7, 11) is 0. The van der Waals surface area contributed by atoms with Crippen molar-refractivity contribution in [1.82, 2.24) is 15.1 Å². The Hall–Kier alpha value is -1.82. The summed E-state index contributed by atoms with van der Waals surface area (Å²) in [6, 6.07) is 3.52. The van der Waals surface area contributed by atoms with Crippen LogP contribution in [0.25, 0.3) is 0 Å². The molecule has 1 fully saturated rings. The molecule has 0 radical (unpaired) electrons. The van der Waals surface area contributed by atoms with Crippen molar-refractivity contribution in [1.29, 1.82) is 0 Å². The van der Waals surface area contributed by atoms with Gasteiger partial charge in [-0.25, -0.2) is 0 Å². The van der Waals surface area contributed by atoms with E-state index in [4.69, 9.17) is 4.42 Å². The minimum Gasteiger partial charge on any atom is -0.455 e. The average molecular weight is 279 g/mol. The van der Waals surface area contributed by atoms with Crippen LogP contribution in [-0.2, 0) is 11.3 Å².